The minimum absolute atomic E-state index is 0.119. The number of hydrogen-bond acceptors (Lipinski definition) is 6. The highest BCUT2D eigenvalue weighted by atomic mass is 35.5. The Bertz CT molecular complexity index is 921. The largest absolute Gasteiger partial charge is 0.464 e. The molecular weight excluding hydrogens is 400 g/mol. The van der Waals surface area contributed by atoms with Gasteiger partial charge in [0, 0.05) is 37.1 Å². The number of amides is 2. The first-order valence-corrected chi connectivity index (χ1v) is 9.64. The van der Waals surface area contributed by atoms with Gasteiger partial charge in [-0.05, 0) is 19.1 Å². The zero-order chi connectivity index (χ0) is 21.0. The Morgan fingerprint density at radius 3 is 2.59 bits per heavy atom. The summed E-state index contributed by atoms with van der Waals surface area (Å²) in [5, 5.41) is 3.75. The smallest absolute Gasteiger partial charge is 0.409 e. The van der Waals surface area contributed by atoms with Crippen molar-refractivity contribution < 1.29 is 23.9 Å². The summed E-state index contributed by atoms with van der Waals surface area (Å²) in [5.74, 6) is -0.892. The molecule has 0 radical (unpaired) electrons. The van der Waals surface area contributed by atoms with Crippen LogP contribution in [0.5, 0.6) is 0 Å². The molecular formula is C19H23ClN4O5. The van der Waals surface area contributed by atoms with E-state index < -0.39 is 5.97 Å². The summed E-state index contributed by atoms with van der Waals surface area (Å²) >= 11 is 6.29. The predicted molar refractivity (Wildman–Crippen MR) is 108 cm³/mol. The number of rotatable bonds is 5. The molecule has 0 spiro atoms. The molecule has 9 nitrogen and oxygen atoms in total. The molecule has 0 saturated carbocycles. The van der Waals surface area contributed by atoms with Crippen molar-refractivity contribution in [1.82, 2.24) is 14.8 Å². The highest BCUT2D eigenvalue weighted by molar-refractivity contribution is 6.37. The lowest BCUT2D eigenvalue weighted by molar-refractivity contribution is -0.117. The van der Waals surface area contributed by atoms with Crippen LogP contribution in [0.25, 0.3) is 10.9 Å². The molecule has 0 unspecified atom stereocenters. The lowest BCUT2D eigenvalue weighted by Gasteiger charge is -2.33. The Hall–Kier alpha value is -2.78. The van der Waals surface area contributed by atoms with Crippen LogP contribution in [0.3, 0.4) is 0 Å². The lowest BCUT2D eigenvalue weighted by Crippen LogP contribution is -2.50. The van der Waals surface area contributed by atoms with E-state index in [-0.39, 0.29) is 24.2 Å². The predicted octanol–water partition coefficient (Wildman–Crippen LogP) is 2.32. The van der Waals surface area contributed by atoms with Crippen molar-refractivity contribution in [3.63, 3.8) is 0 Å². The van der Waals surface area contributed by atoms with Gasteiger partial charge in [0.2, 0.25) is 5.91 Å². The lowest BCUT2D eigenvalue weighted by atomic mass is 10.2. The van der Waals surface area contributed by atoms with Gasteiger partial charge in [-0.15, -0.1) is 0 Å². The number of methoxy groups -OCH3 is 1. The van der Waals surface area contributed by atoms with Crippen molar-refractivity contribution in [2.45, 2.75) is 6.92 Å². The molecule has 2 amide bonds. The molecule has 156 valence electrons. The first-order valence-electron chi connectivity index (χ1n) is 9.27. The molecule has 1 fully saturated rings. The second-order valence-corrected chi connectivity index (χ2v) is 6.95. The second-order valence-electron chi connectivity index (χ2n) is 6.54. The number of aromatic amines is 1. The van der Waals surface area contributed by atoms with Crippen LogP contribution in [0.2, 0.25) is 5.02 Å². The zero-order valence-electron chi connectivity index (χ0n) is 16.3. The number of fused-ring (bicyclic) bond motifs is 1. The van der Waals surface area contributed by atoms with Crippen LogP contribution in [0, 0.1) is 0 Å². The molecule has 3 rings (SSSR count). The van der Waals surface area contributed by atoms with Crippen LogP contribution in [-0.4, -0.2) is 79.2 Å². The molecule has 1 saturated heterocycles. The summed E-state index contributed by atoms with van der Waals surface area (Å²) in [7, 11) is 1.27. The number of carbonyl (C=O) groups is 3. The molecule has 29 heavy (non-hydrogen) atoms. The maximum atomic E-state index is 12.6. The van der Waals surface area contributed by atoms with Gasteiger partial charge in [-0.2, -0.15) is 0 Å². The number of halogens is 1. The van der Waals surface area contributed by atoms with Crippen molar-refractivity contribution in [2.75, 3.05) is 51.8 Å². The highest BCUT2D eigenvalue weighted by Crippen LogP contribution is 2.34. The molecule has 1 aromatic carbocycles. The number of nitrogens with one attached hydrogen (secondary N) is 2. The molecule has 1 aromatic heterocycles. The average molecular weight is 423 g/mol. The SMILES string of the molecule is CCOC(=O)N1CCN(CC(=O)Nc2c(C(=O)OC)[nH]c3cccc(Cl)c23)CC1. The van der Waals surface area contributed by atoms with Crippen LogP contribution in [0.1, 0.15) is 17.4 Å². The van der Waals surface area contributed by atoms with E-state index in [9.17, 15) is 14.4 Å². The van der Waals surface area contributed by atoms with Gasteiger partial charge in [0.15, 0.2) is 0 Å². The first-order chi connectivity index (χ1) is 13.9. The third-order valence-corrected chi connectivity index (χ3v) is 5.01. The first kappa shape index (κ1) is 20.9. The van der Waals surface area contributed by atoms with Crippen molar-refractivity contribution in [3.8, 4) is 0 Å². The third kappa shape index (κ3) is 4.63. The minimum atomic E-state index is -0.601. The van der Waals surface area contributed by atoms with Crippen molar-refractivity contribution in [1.29, 1.82) is 0 Å². The summed E-state index contributed by atoms with van der Waals surface area (Å²) in [6, 6.07) is 5.19. The fourth-order valence-corrected chi connectivity index (χ4v) is 3.54. The standard InChI is InChI=1S/C19H23ClN4O5/c1-3-29-19(27)24-9-7-23(8-10-24)11-14(25)22-16-15-12(20)5-4-6-13(15)21-17(16)18(26)28-2/h4-6,21H,3,7-11H2,1-2H3,(H,22,25). The molecule has 0 aliphatic carbocycles. The number of benzene rings is 1. The Morgan fingerprint density at radius 2 is 1.93 bits per heavy atom. The van der Waals surface area contributed by atoms with Crippen molar-refractivity contribution in [3.05, 3.63) is 28.9 Å². The maximum absolute atomic E-state index is 12.6. The van der Waals surface area contributed by atoms with E-state index in [1.807, 2.05) is 4.90 Å². The minimum Gasteiger partial charge on any atom is -0.464 e. The summed E-state index contributed by atoms with van der Waals surface area (Å²) in [6.45, 7) is 4.27. The van der Waals surface area contributed by atoms with Gasteiger partial charge in [0.05, 0.1) is 31.0 Å². The molecule has 1 aliphatic rings. The highest BCUT2D eigenvalue weighted by Gasteiger charge is 2.25. The molecule has 2 heterocycles. The third-order valence-electron chi connectivity index (χ3n) is 4.69. The number of aromatic nitrogens is 1. The topological polar surface area (TPSA) is 104 Å². The van der Waals surface area contributed by atoms with Crippen LogP contribution < -0.4 is 5.32 Å². The van der Waals surface area contributed by atoms with E-state index in [4.69, 9.17) is 21.1 Å². The quantitative estimate of drug-likeness (QED) is 0.716. The van der Waals surface area contributed by atoms with Crippen molar-refractivity contribution >= 4 is 46.2 Å². The van der Waals surface area contributed by atoms with Gasteiger partial charge in [-0.3, -0.25) is 9.69 Å². The van der Waals surface area contributed by atoms with Gasteiger partial charge in [0.25, 0.3) is 0 Å². The Morgan fingerprint density at radius 1 is 1.21 bits per heavy atom. The summed E-state index contributed by atoms with van der Waals surface area (Å²) in [5.41, 5.74) is 1.06. The van der Waals surface area contributed by atoms with Gasteiger partial charge in [0.1, 0.15) is 5.69 Å². The number of carbonyl (C=O) groups excluding carboxylic acids is 3. The Labute approximate surface area is 172 Å². The number of anilines is 1. The van der Waals surface area contributed by atoms with E-state index in [0.29, 0.717) is 54.4 Å². The Kier molecular flexibility index (Phi) is 6.60. The summed E-state index contributed by atoms with van der Waals surface area (Å²) < 4.78 is 9.80. The fraction of sp³-hybridized carbons (Fsp3) is 0.421. The van der Waals surface area contributed by atoms with E-state index in [1.165, 1.54) is 7.11 Å². The number of H-pyrrole nitrogens is 1. The van der Waals surface area contributed by atoms with E-state index >= 15 is 0 Å². The van der Waals surface area contributed by atoms with E-state index in [1.54, 1.807) is 30.0 Å². The van der Waals surface area contributed by atoms with Gasteiger partial charge in [-0.1, -0.05) is 17.7 Å². The summed E-state index contributed by atoms with van der Waals surface area (Å²) in [6.07, 6.45) is -0.340. The van der Waals surface area contributed by atoms with Gasteiger partial charge in [-0.25, -0.2) is 9.59 Å². The molecule has 0 bridgehead atoms. The van der Waals surface area contributed by atoms with Crippen LogP contribution in [-0.2, 0) is 14.3 Å². The number of ether oxygens (including phenoxy) is 2. The number of nitrogens with zero attached hydrogens (tertiary/aromatic N) is 2. The average Bonchev–Trinajstić information content (AvgIpc) is 3.07. The number of esters is 1. The summed E-state index contributed by atoms with van der Waals surface area (Å²) in [4.78, 5) is 43.0. The van der Waals surface area contributed by atoms with Crippen LogP contribution >= 0.6 is 11.6 Å². The molecule has 1 aliphatic heterocycles. The van der Waals surface area contributed by atoms with Crippen LogP contribution in [0.4, 0.5) is 10.5 Å². The van der Waals surface area contributed by atoms with E-state index in [2.05, 4.69) is 10.3 Å². The Balaban J connectivity index is 1.69. The molecule has 10 heteroatoms. The number of piperazine rings is 1. The fourth-order valence-electron chi connectivity index (χ4n) is 3.27. The van der Waals surface area contributed by atoms with Crippen LogP contribution in [0.15, 0.2) is 18.2 Å². The van der Waals surface area contributed by atoms with Gasteiger partial charge >= 0.3 is 12.1 Å². The molecule has 2 N–H and O–H groups in total. The number of hydrogen-bond donors (Lipinski definition) is 2. The molecule has 0 atom stereocenters. The molecule has 2 aromatic rings. The van der Waals surface area contributed by atoms with E-state index in [0.717, 1.165) is 0 Å². The second kappa shape index (κ2) is 9.15. The zero-order valence-corrected chi connectivity index (χ0v) is 17.0. The monoisotopic (exact) mass is 422 g/mol. The maximum Gasteiger partial charge on any atom is 0.409 e. The van der Waals surface area contributed by atoms with Gasteiger partial charge < -0.3 is 24.7 Å². The normalized spacial score (nSPS) is 14.7. The van der Waals surface area contributed by atoms with Crippen molar-refractivity contribution in [2.24, 2.45) is 0 Å².